The normalized spacial score (nSPS) is 12.2. The minimum atomic E-state index is 0.0302. The Bertz CT molecular complexity index is 568. The maximum Gasteiger partial charge on any atom is 0.266 e. The second kappa shape index (κ2) is 8.92. The van der Waals surface area contributed by atoms with Crippen molar-refractivity contribution in [1.82, 2.24) is 10.3 Å². The number of thioether (sulfide) groups is 1. The Morgan fingerprint density at radius 2 is 2.19 bits per heavy atom. The van der Waals surface area contributed by atoms with E-state index in [1.54, 1.807) is 11.8 Å². The number of ether oxygens (including phenoxy) is 1. The molecule has 0 bridgehead atoms. The first-order valence-corrected chi connectivity index (χ1v) is 8.54. The van der Waals surface area contributed by atoms with E-state index in [2.05, 4.69) is 17.2 Å². The number of rotatable bonds is 9. The minimum Gasteiger partial charge on any atom is -0.475 e. The number of para-hydroxylation sites is 1. The number of aromatic nitrogens is 1. The SMILES string of the molecule is CCNC(CCSCc1c[nH]c(=S)o1)Oc1ccccc1. The standard InChI is InChI=1S/C15H20N2O2S2/c1-2-16-14(18-12-6-4-3-5-7-12)8-9-21-11-13-10-17-15(20)19-13/h3-7,10,14,16H,2,8-9,11H2,1H3,(H,17,20). The molecule has 1 unspecified atom stereocenters. The van der Waals surface area contributed by atoms with E-state index in [9.17, 15) is 0 Å². The summed E-state index contributed by atoms with van der Waals surface area (Å²) in [5, 5.41) is 3.35. The Morgan fingerprint density at radius 1 is 1.38 bits per heavy atom. The monoisotopic (exact) mass is 324 g/mol. The van der Waals surface area contributed by atoms with E-state index in [0.717, 1.165) is 36.0 Å². The van der Waals surface area contributed by atoms with Crippen molar-refractivity contribution in [2.45, 2.75) is 25.3 Å². The summed E-state index contributed by atoms with van der Waals surface area (Å²) in [5.74, 6) is 3.58. The van der Waals surface area contributed by atoms with Gasteiger partial charge >= 0.3 is 0 Å². The van der Waals surface area contributed by atoms with Crippen molar-refractivity contribution in [1.29, 1.82) is 0 Å². The van der Waals surface area contributed by atoms with E-state index in [0.29, 0.717) is 4.84 Å². The zero-order valence-electron chi connectivity index (χ0n) is 12.0. The summed E-state index contributed by atoms with van der Waals surface area (Å²) in [4.78, 5) is 3.30. The molecule has 0 aliphatic carbocycles. The van der Waals surface area contributed by atoms with E-state index in [1.165, 1.54) is 0 Å². The molecule has 2 rings (SSSR count). The molecule has 1 aromatic carbocycles. The van der Waals surface area contributed by atoms with E-state index >= 15 is 0 Å². The fourth-order valence-electron chi connectivity index (χ4n) is 1.85. The molecule has 2 N–H and O–H groups in total. The van der Waals surface area contributed by atoms with Gasteiger partial charge in [0.2, 0.25) is 0 Å². The van der Waals surface area contributed by atoms with Crippen molar-refractivity contribution in [3.63, 3.8) is 0 Å². The number of hydrogen-bond donors (Lipinski definition) is 2. The van der Waals surface area contributed by atoms with Gasteiger partial charge in [0.05, 0.1) is 5.75 Å². The molecule has 2 aromatic rings. The highest BCUT2D eigenvalue weighted by Gasteiger charge is 2.09. The molecule has 0 spiro atoms. The Kier molecular flexibility index (Phi) is 6.85. The fourth-order valence-corrected chi connectivity index (χ4v) is 2.88. The number of hydrogen-bond acceptors (Lipinski definition) is 5. The van der Waals surface area contributed by atoms with Gasteiger partial charge in [0.1, 0.15) is 11.5 Å². The molecule has 1 aromatic heterocycles. The number of aromatic amines is 1. The topological polar surface area (TPSA) is 50.2 Å². The number of benzene rings is 1. The molecule has 114 valence electrons. The molecule has 1 atom stereocenters. The Balaban J connectivity index is 1.73. The van der Waals surface area contributed by atoms with Gasteiger partial charge in [-0.1, -0.05) is 25.1 Å². The lowest BCUT2D eigenvalue weighted by atomic mass is 10.3. The molecule has 0 saturated heterocycles. The van der Waals surface area contributed by atoms with Crippen LogP contribution in [0, 0.1) is 4.84 Å². The molecule has 0 radical (unpaired) electrons. The molecule has 0 aliphatic heterocycles. The summed E-state index contributed by atoms with van der Waals surface area (Å²) < 4.78 is 11.3. The fraction of sp³-hybridized carbons (Fsp3) is 0.400. The smallest absolute Gasteiger partial charge is 0.266 e. The van der Waals surface area contributed by atoms with Gasteiger partial charge in [-0.2, -0.15) is 11.8 Å². The summed E-state index contributed by atoms with van der Waals surface area (Å²) in [6.07, 6.45) is 2.78. The lowest BCUT2D eigenvalue weighted by molar-refractivity contribution is 0.163. The second-order valence-corrected chi connectivity index (χ2v) is 5.94. The number of H-pyrrole nitrogens is 1. The first-order chi connectivity index (χ1) is 10.3. The average Bonchev–Trinajstić information content (AvgIpc) is 2.90. The first-order valence-electron chi connectivity index (χ1n) is 6.98. The van der Waals surface area contributed by atoms with Crippen molar-refractivity contribution in [2.24, 2.45) is 0 Å². The molecule has 6 heteroatoms. The molecule has 0 aliphatic rings. The quantitative estimate of drug-likeness (QED) is 0.415. The third-order valence-electron chi connectivity index (χ3n) is 2.80. The summed E-state index contributed by atoms with van der Waals surface area (Å²) in [6.45, 7) is 2.97. The van der Waals surface area contributed by atoms with Crippen LogP contribution in [0.4, 0.5) is 0 Å². The van der Waals surface area contributed by atoms with Gasteiger partial charge < -0.3 is 14.1 Å². The van der Waals surface area contributed by atoms with Crippen LogP contribution in [0.3, 0.4) is 0 Å². The highest BCUT2D eigenvalue weighted by Crippen LogP contribution is 2.16. The average molecular weight is 324 g/mol. The summed E-state index contributed by atoms with van der Waals surface area (Å²) in [6, 6.07) is 9.89. The minimum absolute atomic E-state index is 0.0302. The lowest BCUT2D eigenvalue weighted by Gasteiger charge is -2.19. The van der Waals surface area contributed by atoms with E-state index in [-0.39, 0.29) is 6.23 Å². The first kappa shape index (κ1) is 16.1. The Hall–Kier alpha value is -1.24. The maximum atomic E-state index is 5.94. The van der Waals surface area contributed by atoms with Crippen LogP contribution in [0.25, 0.3) is 0 Å². The molecular weight excluding hydrogens is 304 g/mol. The van der Waals surface area contributed by atoms with Gasteiger partial charge in [-0.05, 0) is 36.6 Å². The van der Waals surface area contributed by atoms with Crippen molar-refractivity contribution >= 4 is 24.0 Å². The van der Waals surface area contributed by atoms with Crippen LogP contribution in [-0.2, 0) is 5.75 Å². The second-order valence-electron chi connectivity index (χ2n) is 4.46. The van der Waals surface area contributed by atoms with Crippen LogP contribution in [0.15, 0.2) is 40.9 Å². The number of nitrogens with one attached hydrogen (secondary N) is 2. The van der Waals surface area contributed by atoms with Crippen LogP contribution in [0.5, 0.6) is 5.75 Å². The molecule has 0 saturated carbocycles. The Labute approximate surface area is 134 Å². The van der Waals surface area contributed by atoms with E-state index in [1.807, 2.05) is 36.5 Å². The van der Waals surface area contributed by atoms with Crippen LogP contribution >= 0.6 is 24.0 Å². The Morgan fingerprint density at radius 3 is 2.86 bits per heavy atom. The highest BCUT2D eigenvalue weighted by atomic mass is 32.2. The zero-order valence-corrected chi connectivity index (χ0v) is 13.6. The molecule has 0 amide bonds. The lowest BCUT2D eigenvalue weighted by Crippen LogP contribution is -2.34. The van der Waals surface area contributed by atoms with Crippen molar-refractivity contribution in [3.8, 4) is 5.75 Å². The predicted molar refractivity (Wildman–Crippen MR) is 89.2 cm³/mol. The van der Waals surface area contributed by atoms with Gasteiger partial charge in [-0.15, -0.1) is 0 Å². The van der Waals surface area contributed by atoms with Gasteiger partial charge in [0.15, 0.2) is 6.23 Å². The summed E-state index contributed by atoms with van der Waals surface area (Å²) >= 11 is 6.70. The largest absolute Gasteiger partial charge is 0.475 e. The van der Waals surface area contributed by atoms with Crippen LogP contribution < -0.4 is 10.1 Å². The van der Waals surface area contributed by atoms with Gasteiger partial charge in [-0.3, -0.25) is 5.32 Å². The molecule has 21 heavy (non-hydrogen) atoms. The number of oxazole rings is 1. The van der Waals surface area contributed by atoms with E-state index in [4.69, 9.17) is 21.4 Å². The van der Waals surface area contributed by atoms with Crippen LogP contribution in [0.2, 0.25) is 0 Å². The van der Waals surface area contributed by atoms with Crippen molar-refractivity contribution in [3.05, 3.63) is 47.1 Å². The maximum absolute atomic E-state index is 5.94. The van der Waals surface area contributed by atoms with Crippen LogP contribution in [0.1, 0.15) is 19.1 Å². The van der Waals surface area contributed by atoms with Gasteiger partial charge in [-0.25, -0.2) is 0 Å². The summed E-state index contributed by atoms with van der Waals surface area (Å²) in [7, 11) is 0. The highest BCUT2D eigenvalue weighted by molar-refractivity contribution is 7.98. The third-order valence-corrected chi connectivity index (χ3v) is 4.01. The molecular formula is C15H20N2O2S2. The van der Waals surface area contributed by atoms with Gasteiger partial charge in [0, 0.05) is 12.6 Å². The van der Waals surface area contributed by atoms with Crippen molar-refractivity contribution in [2.75, 3.05) is 12.3 Å². The zero-order chi connectivity index (χ0) is 14.9. The van der Waals surface area contributed by atoms with Gasteiger partial charge in [0.25, 0.3) is 4.84 Å². The van der Waals surface area contributed by atoms with E-state index < -0.39 is 0 Å². The molecule has 4 nitrogen and oxygen atoms in total. The van der Waals surface area contributed by atoms with Crippen LogP contribution in [-0.4, -0.2) is 23.5 Å². The summed E-state index contributed by atoms with van der Waals surface area (Å²) in [5.41, 5.74) is 0. The molecule has 1 heterocycles. The van der Waals surface area contributed by atoms with Crippen molar-refractivity contribution < 1.29 is 9.15 Å². The predicted octanol–water partition coefficient (Wildman–Crippen LogP) is 3.98. The molecule has 0 fully saturated rings. The third kappa shape index (κ3) is 5.95.